The lowest BCUT2D eigenvalue weighted by Gasteiger charge is -2.13. The Kier molecular flexibility index (Phi) is 5.28. The fraction of sp³-hybridized carbons (Fsp3) is 0.267. The normalized spacial score (nSPS) is 10.9. The number of nitrogens with one attached hydrogen (secondary N) is 2. The third-order valence-electron chi connectivity index (χ3n) is 3.09. The first kappa shape index (κ1) is 16.9. The van der Waals surface area contributed by atoms with Gasteiger partial charge in [0.15, 0.2) is 0 Å². The SMILES string of the molecule is CCS(=O)(=O)Nc1ccc(Nc2cc(OC)ccc2OC)cn1. The van der Waals surface area contributed by atoms with Crippen molar-refractivity contribution in [3.8, 4) is 11.5 Å². The molecule has 0 saturated carbocycles. The van der Waals surface area contributed by atoms with Crippen LogP contribution >= 0.6 is 0 Å². The minimum absolute atomic E-state index is 0.00428. The van der Waals surface area contributed by atoms with Gasteiger partial charge in [-0.25, -0.2) is 13.4 Å². The molecule has 0 aliphatic heterocycles. The highest BCUT2D eigenvalue weighted by atomic mass is 32.2. The molecule has 0 saturated heterocycles. The molecule has 1 aromatic carbocycles. The number of anilines is 3. The molecule has 0 atom stereocenters. The molecular weight excluding hydrogens is 318 g/mol. The molecule has 124 valence electrons. The summed E-state index contributed by atoms with van der Waals surface area (Å²) in [4.78, 5) is 4.08. The third-order valence-corrected chi connectivity index (χ3v) is 4.37. The van der Waals surface area contributed by atoms with Gasteiger partial charge in [-0.05, 0) is 31.2 Å². The van der Waals surface area contributed by atoms with Crippen molar-refractivity contribution in [2.24, 2.45) is 0 Å². The van der Waals surface area contributed by atoms with E-state index in [1.807, 2.05) is 0 Å². The first-order chi connectivity index (χ1) is 11.0. The van der Waals surface area contributed by atoms with Crippen molar-refractivity contribution in [1.82, 2.24) is 4.98 Å². The summed E-state index contributed by atoms with van der Waals surface area (Å²) in [6.45, 7) is 1.56. The van der Waals surface area contributed by atoms with E-state index in [0.29, 0.717) is 17.2 Å². The number of benzene rings is 1. The van der Waals surface area contributed by atoms with E-state index in [0.717, 1.165) is 5.69 Å². The molecule has 0 bridgehead atoms. The Hall–Kier alpha value is -2.48. The molecule has 0 radical (unpaired) electrons. The van der Waals surface area contributed by atoms with Gasteiger partial charge in [0, 0.05) is 6.07 Å². The predicted molar refractivity (Wildman–Crippen MR) is 90.1 cm³/mol. The maximum atomic E-state index is 11.5. The van der Waals surface area contributed by atoms with Crippen LogP contribution in [0.3, 0.4) is 0 Å². The van der Waals surface area contributed by atoms with Crippen molar-refractivity contribution in [3.05, 3.63) is 36.5 Å². The van der Waals surface area contributed by atoms with Crippen molar-refractivity contribution >= 4 is 27.2 Å². The number of sulfonamides is 1. The van der Waals surface area contributed by atoms with Gasteiger partial charge in [-0.1, -0.05) is 0 Å². The van der Waals surface area contributed by atoms with Gasteiger partial charge in [0.1, 0.15) is 17.3 Å². The summed E-state index contributed by atoms with van der Waals surface area (Å²) in [7, 11) is -0.171. The van der Waals surface area contributed by atoms with E-state index in [1.54, 1.807) is 51.5 Å². The molecule has 1 aromatic heterocycles. The quantitative estimate of drug-likeness (QED) is 0.807. The summed E-state index contributed by atoms with van der Waals surface area (Å²) in [5.74, 6) is 1.61. The van der Waals surface area contributed by atoms with Crippen LogP contribution in [0.5, 0.6) is 11.5 Å². The van der Waals surface area contributed by atoms with E-state index >= 15 is 0 Å². The lowest BCUT2D eigenvalue weighted by Crippen LogP contribution is -2.15. The van der Waals surface area contributed by atoms with E-state index in [1.165, 1.54) is 6.20 Å². The van der Waals surface area contributed by atoms with Crippen LogP contribution in [0.15, 0.2) is 36.5 Å². The minimum atomic E-state index is -3.33. The van der Waals surface area contributed by atoms with Crippen molar-refractivity contribution in [3.63, 3.8) is 0 Å². The zero-order valence-electron chi connectivity index (χ0n) is 13.2. The maximum absolute atomic E-state index is 11.5. The van der Waals surface area contributed by atoms with E-state index in [9.17, 15) is 8.42 Å². The number of methoxy groups -OCH3 is 2. The summed E-state index contributed by atoms with van der Waals surface area (Å²) in [6.07, 6.45) is 1.53. The summed E-state index contributed by atoms with van der Waals surface area (Å²) < 4.78 is 35.9. The summed E-state index contributed by atoms with van der Waals surface area (Å²) >= 11 is 0. The molecule has 23 heavy (non-hydrogen) atoms. The van der Waals surface area contributed by atoms with Gasteiger partial charge in [0.2, 0.25) is 10.0 Å². The van der Waals surface area contributed by atoms with Crippen LogP contribution in [0, 0.1) is 0 Å². The van der Waals surface area contributed by atoms with Gasteiger partial charge in [0.25, 0.3) is 0 Å². The number of ether oxygens (including phenoxy) is 2. The van der Waals surface area contributed by atoms with E-state index in [2.05, 4.69) is 15.0 Å². The minimum Gasteiger partial charge on any atom is -0.497 e. The lowest BCUT2D eigenvalue weighted by molar-refractivity contribution is 0.405. The van der Waals surface area contributed by atoms with Crippen molar-refractivity contribution in [1.29, 1.82) is 0 Å². The number of hydrogen-bond acceptors (Lipinski definition) is 6. The number of nitrogens with zero attached hydrogens (tertiary/aromatic N) is 1. The highest BCUT2D eigenvalue weighted by Gasteiger charge is 2.09. The summed E-state index contributed by atoms with van der Waals surface area (Å²) in [5.41, 5.74) is 1.41. The Morgan fingerprint density at radius 3 is 2.48 bits per heavy atom. The molecule has 0 amide bonds. The highest BCUT2D eigenvalue weighted by molar-refractivity contribution is 7.92. The fourth-order valence-corrected chi connectivity index (χ4v) is 2.41. The van der Waals surface area contributed by atoms with Gasteiger partial charge >= 0.3 is 0 Å². The Morgan fingerprint density at radius 1 is 1.13 bits per heavy atom. The topological polar surface area (TPSA) is 89.6 Å². The molecule has 0 unspecified atom stereocenters. The molecule has 2 N–H and O–H groups in total. The Morgan fingerprint density at radius 2 is 1.91 bits per heavy atom. The molecule has 2 aromatic rings. The van der Waals surface area contributed by atoms with Gasteiger partial charge in [-0.15, -0.1) is 0 Å². The Balaban J connectivity index is 2.18. The van der Waals surface area contributed by atoms with Crippen LogP contribution < -0.4 is 19.5 Å². The molecule has 7 nitrogen and oxygen atoms in total. The second-order valence-electron chi connectivity index (χ2n) is 4.63. The second kappa shape index (κ2) is 7.19. The number of rotatable bonds is 7. The van der Waals surface area contributed by atoms with E-state index in [-0.39, 0.29) is 11.6 Å². The average molecular weight is 337 g/mol. The van der Waals surface area contributed by atoms with Crippen LogP contribution in [-0.2, 0) is 10.0 Å². The van der Waals surface area contributed by atoms with Gasteiger partial charge in [0.05, 0.1) is 37.5 Å². The highest BCUT2D eigenvalue weighted by Crippen LogP contribution is 2.31. The van der Waals surface area contributed by atoms with Crippen molar-refractivity contribution in [2.45, 2.75) is 6.92 Å². The number of aromatic nitrogens is 1. The van der Waals surface area contributed by atoms with E-state index < -0.39 is 10.0 Å². The van der Waals surface area contributed by atoms with Crippen LogP contribution in [0.25, 0.3) is 0 Å². The van der Waals surface area contributed by atoms with Gasteiger partial charge in [-0.2, -0.15) is 0 Å². The molecule has 0 aliphatic carbocycles. The molecular formula is C15H19N3O4S. The van der Waals surface area contributed by atoms with Crippen LogP contribution in [0.2, 0.25) is 0 Å². The first-order valence-electron chi connectivity index (χ1n) is 6.93. The molecule has 1 heterocycles. The summed E-state index contributed by atoms with van der Waals surface area (Å²) in [5, 5.41) is 3.16. The monoisotopic (exact) mass is 337 g/mol. The molecule has 2 rings (SSSR count). The molecule has 8 heteroatoms. The summed E-state index contributed by atoms with van der Waals surface area (Å²) in [6, 6.07) is 8.69. The zero-order chi connectivity index (χ0) is 16.9. The molecule has 0 aliphatic rings. The smallest absolute Gasteiger partial charge is 0.233 e. The Bertz CT molecular complexity index is 761. The third kappa shape index (κ3) is 4.49. The number of pyridine rings is 1. The predicted octanol–water partition coefficient (Wildman–Crippen LogP) is 2.60. The van der Waals surface area contributed by atoms with Crippen LogP contribution in [0.1, 0.15) is 6.92 Å². The molecule has 0 spiro atoms. The molecule has 0 fully saturated rings. The number of hydrogen-bond donors (Lipinski definition) is 2. The van der Waals surface area contributed by atoms with E-state index in [4.69, 9.17) is 9.47 Å². The van der Waals surface area contributed by atoms with Gasteiger partial charge in [-0.3, -0.25) is 4.72 Å². The van der Waals surface area contributed by atoms with Crippen LogP contribution in [0.4, 0.5) is 17.2 Å². The largest absolute Gasteiger partial charge is 0.497 e. The van der Waals surface area contributed by atoms with Crippen LogP contribution in [-0.4, -0.2) is 33.4 Å². The Labute approximate surface area is 135 Å². The fourth-order valence-electron chi connectivity index (χ4n) is 1.83. The average Bonchev–Trinajstić information content (AvgIpc) is 2.56. The lowest BCUT2D eigenvalue weighted by atomic mass is 10.2. The van der Waals surface area contributed by atoms with Gasteiger partial charge < -0.3 is 14.8 Å². The van der Waals surface area contributed by atoms with Crippen molar-refractivity contribution < 1.29 is 17.9 Å². The first-order valence-corrected chi connectivity index (χ1v) is 8.58. The van der Waals surface area contributed by atoms with Crippen molar-refractivity contribution in [2.75, 3.05) is 30.0 Å². The maximum Gasteiger partial charge on any atom is 0.233 e. The zero-order valence-corrected chi connectivity index (χ0v) is 14.0. The second-order valence-corrected chi connectivity index (χ2v) is 6.64. The standard InChI is InChI=1S/C15H19N3O4S/c1-4-23(19,20)18-15-8-5-11(10-16-15)17-13-9-12(21-2)6-7-14(13)22-3/h5-10,17H,4H2,1-3H3,(H,16,18).